The van der Waals surface area contributed by atoms with Crippen LogP contribution in [0, 0.1) is 6.92 Å². The molecule has 0 saturated carbocycles. The predicted molar refractivity (Wildman–Crippen MR) is 83.9 cm³/mol. The van der Waals surface area contributed by atoms with Crippen molar-refractivity contribution in [2.45, 2.75) is 33.5 Å². The number of nitrogens with zero attached hydrogens (tertiary/aromatic N) is 2. The molecule has 2 aromatic rings. The molecule has 108 valence electrons. The average Bonchev–Trinajstić information content (AvgIpc) is 2.78. The quantitative estimate of drug-likeness (QED) is 0.879. The van der Waals surface area contributed by atoms with Crippen molar-refractivity contribution in [3.05, 3.63) is 45.7 Å². The lowest BCUT2D eigenvalue weighted by molar-refractivity contribution is 0.290. The lowest BCUT2D eigenvalue weighted by Gasteiger charge is -2.10. The summed E-state index contributed by atoms with van der Waals surface area (Å²) in [6.45, 7) is 6.31. The van der Waals surface area contributed by atoms with Crippen LogP contribution in [0.1, 0.15) is 23.9 Å². The van der Waals surface area contributed by atoms with Gasteiger partial charge in [-0.15, -0.1) is 0 Å². The van der Waals surface area contributed by atoms with E-state index in [4.69, 9.17) is 4.74 Å². The Morgan fingerprint density at radius 2 is 2.15 bits per heavy atom. The van der Waals surface area contributed by atoms with Gasteiger partial charge in [-0.05, 0) is 60.6 Å². The number of halogens is 1. The monoisotopic (exact) mass is 337 g/mol. The topological polar surface area (TPSA) is 39.1 Å². The molecule has 0 aliphatic carbocycles. The number of benzene rings is 1. The minimum Gasteiger partial charge on any atom is -0.486 e. The van der Waals surface area contributed by atoms with Gasteiger partial charge in [-0.25, -0.2) is 0 Å². The molecule has 0 amide bonds. The molecule has 2 rings (SSSR count). The molecule has 0 atom stereocenters. The van der Waals surface area contributed by atoms with Crippen LogP contribution < -0.4 is 10.1 Å². The van der Waals surface area contributed by atoms with Crippen molar-refractivity contribution in [3.8, 4) is 5.75 Å². The van der Waals surface area contributed by atoms with Crippen LogP contribution in [-0.4, -0.2) is 16.8 Å². The fourth-order valence-electron chi connectivity index (χ4n) is 2.12. The van der Waals surface area contributed by atoms with Gasteiger partial charge in [0.25, 0.3) is 0 Å². The summed E-state index contributed by atoms with van der Waals surface area (Å²) in [6, 6.07) is 8.20. The number of aromatic nitrogens is 2. The van der Waals surface area contributed by atoms with Gasteiger partial charge in [0.05, 0.1) is 15.9 Å². The lowest BCUT2D eigenvalue weighted by atomic mass is 10.2. The van der Waals surface area contributed by atoms with Gasteiger partial charge in [0.1, 0.15) is 12.4 Å². The van der Waals surface area contributed by atoms with Gasteiger partial charge in [0, 0.05) is 13.1 Å². The number of nitrogens with one attached hydrogen (secondary N) is 1. The van der Waals surface area contributed by atoms with E-state index in [9.17, 15) is 0 Å². The molecule has 5 heteroatoms. The summed E-state index contributed by atoms with van der Waals surface area (Å²) in [6.07, 6.45) is 0. The molecule has 0 fully saturated rings. The van der Waals surface area contributed by atoms with Gasteiger partial charge in [-0.3, -0.25) is 4.68 Å². The summed E-state index contributed by atoms with van der Waals surface area (Å²) in [5.74, 6) is 0.853. The second-order valence-corrected chi connectivity index (χ2v) is 5.53. The van der Waals surface area contributed by atoms with Crippen LogP contribution in [0.15, 0.2) is 28.7 Å². The Labute approximate surface area is 128 Å². The zero-order valence-electron chi connectivity index (χ0n) is 12.1. The molecule has 4 nitrogen and oxygen atoms in total. The van der Waals surface area contributed by atoms with E-state index < -0.39 is 0 Å². The van der Waals surface area contributed by atoms with E-state index in [-0.39, 0.29) is 0 Å². The van der Waals surface area contributed by atoms with Gasteiger partial charge in [-0.2, -0.15) is 5.10 Å². The zero-order valence-corrected chi connectivity index (χ0v) is 13.7. The summed E-state index contributed by atoms with van der Waals surface area (Å²) in [7, 11) is 1.94. The highest BCUT2D eigenvalue weighted by molar-refractivity contribution is 9.10. The number of hydrogen-bond acceptors (Lipinski definition) is 3. The van der Waals surface area contributed by atoms with Crippen molar-refractivity contribution in [1.29, 1.82) is 0 Å². The van der Waals surface area contributed by atoms with Crippen LogP contribution >= 0.6 is 15.9 Å². The molecule has 0 bridgehead atoms. The Bertz CT molecular complexity index is 580. The van der Waals surface area contributed by atoms with Crippen molar-refractivity contribution in [2.75, 3.05) is 7.05 Å². The number of aryl methyl sites for hydroxylation is 2. The first kappa shape index (κ1) is 15.1. The van der Waals surface area contributed by atoms with Crippen LogP contribution in [-0.2, 0) is 19.7 Å². The Hall–Kier alpha value is -1.33. The van der Waals surface area contributed by atoms with E-state index in [0.29, 0.717) is 6.61 Å². The van der Waals surface area contributed by atoms with E-state index in [1.807, 2.05) is 24.7 Å². The zero-order chi connectivity index (χ0) is 14.5. The number of hydrogen-bond donors (Lipinski definition) is 1. The van der Waals surface area contributed by atoms with Gasteiger partial charge < -0.3 is 10.1 Å². The van der Waals surface area contributed by atoms with Crippen molar-refractivity contribution in [1.82, 2.24) is 15.1 Å². The standard InChI is InChI=1S/C15H20BrN3O/c1-4-19-13(7-11(2)18-19)10-20-15-6-5-12(9-17-3)8-14(15)16/h5-8,17H,4,9-10H2,1-3H3. The first-order valence-electron chi connectivity index (χ1n) is 6.73. The fraction of sp³-hybridized carbons (Fsp3) is 0.400. The minimum atomic E-state index is 0.526. The molecule has 1 heterocycles. The number of ether oxygens (including phenoxy) is 1. The Morgan fingerprint density at radius 1 is 1.35 bits per heavy atom. The molecule has 20 heavy (non-hydrogen) atoms. The third-order valence-electron chi connectivity index (χ3n) is 3.04. The minimum absolute atomic E-state index is 0.526. The maximum absolute atomic E-state index is 5.88. The second-order valence-electron chi connectivity index (χ2n) is 4.68. The SMILES string of the molecule is CCn1nc(C)cc1COc1ccc(CNC)cc1Br. The summed E-state index contributed by atoms with van der Waals surface area (Å²) < 4.78 is 8.83. The molecule has 0 saturated heterocycles. The van der Waals surface area contributed by atoms with Crippen LogP contribution in [0.5, 0.6) is 5.75 Å². The van der Waals surface area contributed by atoms with Crippen molar-refractivity contribution in [3.63, 3.8) is 0 Å². The van der Waals surface area contributed by atoms with Gasteiger partial charge in [-0.1, -0.05) is 6.07 Å². The van der Waals surface area contributed by atoms with Crippen LogP contribution in [0.2, 0.25) is 0 Å². The Kier molecular flexibility index (Phi) is 5.20. The molecule has 0 unspecified atom stereocenters. The average molecular weight is 338 g/mol. The highest BCUT2D eigenvalue weighted by atomic mass is 79.9. The smallest absolute Gasteiger partial charge is 0.134 e. The molecule has 1 N–H and O–H groups in total. The first-order valence-corrected chi connectivity index (χ1v) is 7.52. The molecule has 0 aliphatic rings. The summed E-state index contributed by atoms with van der Waals surface area (Å²) in [4.78, 5) is 0. The molecular formula is C15H20BrN3O. The van der Waals surface area contributed by atoms with Crippen molar-refractivity contribution in [2.24, 2.45) is 0 Å². The highest BCUT2D eigenvalue weighted by Gasteiger charge is 2.07. The van der Waals surface area contributed by atoms with Crippen molar-refractivity contribution < 1.29 is 4.74 Å². The Balaban J connectivity index is 2.06. The largest absolute Gasteiger partial charge is 0.486 e. The lowest BCUT2D eigenvalue weighted by Crippen LogP contribution is -2.07. The second kappa shape index (κ2) is 6.90. The van der Waals surface area contributed by atoms with E-state index >= 15 is 0 Å². The summed E-state index contributed by atoms with van der Waals surface area (Å²) >= 11 is 3.56. The normalized spacial score (nSPS) is 10.8. The molecular weight excluding hydrogens is 318 g/mol. The first-order chi connectivity index (χ1) is 9.63. The van der Waals surface area contributed by atoms with Gasteiger partial charge in [0.15, 0.2) is 0 Å². The molecule has 0 radical (unpaired) electrons. The summed E-state index contributed by atoms with van der Waals surface area (Å²) in [5.41, 5.74) is 3.34. The maximum Gasteiger partial charge on any atom is 0.134 e. The fourth-order valence-corrected chi connectivity index (χ4v) is 2.66. The predicted octanol–water partition coefficient (Wildman–Crippen LogP) is 3.27. The van der Waals surface area contributed by atoms with E-state index in [1.54, 1.807) is 0 Å². The molecule has 0 spiro atoms. The third kappa shape index (κ3) is 3.61. The van der Waals surface area contributed by atoms with E-state index in [0.717, 1.165) is 34.7 Å². The van der Waals surface area contributed by atoms with E-state index in [2.05, 4.69) is 51.5 Å². The van der Waals surface area contributed by atoms with E-state index in [1.165, 1.54) is 5.56 Å². The van der Waals surface area contributed by atoms with Crippen LogP contribution in [0.25, 0.3) is 0 Å². The summed E-state index contributed by atoms with van der Waals surface area (Å²) in [5, 5.41) is 7.55. The van der Waals surface area contributed by atoms with Gasteiger partial charge >= 0.3 is 0 Å². The molecule has 1 aromatic carbocycles. The number of rotatable bonds is 6. The third-order valence-corrected chi connectivity index (χ3v) is 3.66. The highest BCUT2D eigenvalue weighted by Crippen LogP contribution is 2.26. The maximum atomic E-state index is 5.88. The van der Waals surface area contributed by atoms with Gasteiger partial charge in [0.2, 0.25) is 0 Å². The molecule has 1 aromatic heterocycles. The molecule has 0 aliphatic heterocycles. The van der Waals surface area contributed by atoms with Crippen LogP contribution in [0.4, 0.5) is 0 Å². The van der Waals surface area contributed by atoms with Crippen molar-refractivity contribution >= 4 is 15.9 Å². The van der Waals surface area contributed by atoms with Crippen LogP contribution in [0.3, 0.4) is 0 Å². The Morgan fingerprint density at radius 3 is 2.80 bits per heavy atom.